The predicted molar refractivity (Wildman–Crippen MR) is 126 cm³/mol. The van der Waals surface area contributed by atoms with Crippen molar-refractivity contribution in [2.45, 2.75) is 44.5 Å². The molecule has 7 nitrogen and oxygen atoms in total. The van der Waals surface area contributed by atoms with Crippen LogP contribution in [0.15, 0.2) is 41.6 Å². The van der Waals surface area contributed by atoms with Gasteiger partial charge in [0.15, 0.2) is 0 Å². The Hall–Kier alpha value is -3.11. The number of likely N-dealkylation sites (tertiary alicyclic amines) is 1. The molecule has 1 fully saturated rings. The fraction of sp³-hybridized carbons (Fsp3) is 0.333. The van der Waals surface area contributed by atoms with Gasteiger partial charge in [0.05, 0.1) is 12.1 Å². The average molecular weight is 542 g/mol. The van der Waals surface area contributed by atoms with Gasteiger partial charge in [0.25, 0.3) is 17.4 Å². The summed E-state index contributed by atoms with van der Waals surface area (Å²) in [7, 11) is 0. The lowest BCUT2D eigenvalue weighted by Crippen LogP contribution is -2.42. The molecule has 36 heavy (non-hydrogen) atoms. The lowest BCUT2D eigenvalue weighted by atomic mass is 9.86. The monoisotopic (exact) mass is 541 g/mol. The summed E-state index contributed by atoms with van der Waals surface area (Å²) < 4.78 is 42.7. The summed E-state index contributed by atoms with van der Waals surface area (Å²) in [6.45, 7) is 3.47. The van der Waals surface area contributed by atoms with E-state index < -0.39 is 36.1 Å². The minimum atomic E-state index is -4.83. The smallest absolute Gasteiger partial charge is 0.374 e. The number of hydrogen-bond acceptors (Lipinski definition) is 5. The fourth-order valence-electron chi connectivity index (χ4n) is 4.31. The first kappa shape index (κ1) is 26.0. The quantitative estimate of drug-likeness (QED) is 0.552. The first-order chi connectivity index (χ1) is 16.9. The van der Waals surface area contributed by atoms with Gasteiger partial charge in [-0.1, -0.05) is 34.4 Å². The molecule has 0 saturated carbocycles. The number of aryl methyl sites for hydroxylation is 1. The maximum absolute atomic E-state index is 14.2. The summed E-state index contributed by atoms with van der Waals surface area (Å²) in [5, 5.41) is 6.32. The number of carbonyl (C=O) groups excluding carboxylic acids is 3. The number of nitrogens with zero attached hydrogens (tertiary/aromatic N) is 2. The number of hydrogen-bond donors (Lipinski definition) is 1. The van der Waals surface area contributed by atoms with Gasteiger partial charge in [-0.3, -0.25) is 19.3 Å². The van der Waals surface area contributed by atoms with Crippen LogP contribution in [0.4, 0.5) is 13.2 Å². The summed E-state index contributed by atoms with van der Waals surface area (Å²) in [4.78, 5) is 43.0. The van der Waals surface area contributed by atoms with Crippen molar-refractivity contribution in [3.8, 4) is 0 Å². The van der Waals surface area contributed by atoms with Gasteiger partial charge in [-0.05, 0) is 55.3 Å². The van der Waals surface area contributed by atoms with Crippen molar-refractivity contribution < 1.29 is 32.4 Å². The number of rotatable bonds is 5. The van der Waals surface area contributed by atoms with Crippen molar-refractivity contribution >= 4 is 46.6 Å². The Bertz CT molecular complexity index is 1280. The molecule has 0 aliphatic carbocycles. The summed E-state index contributed by atoms with van der Waals surface area (Å²) >= 11 is 11.9. The van der Waals surface area contributed by atoms with Crippen LogP contribution < -0.4 is 5.32 Å². The Morgan fingerprint density at radius 1 is 1.19 bits per heavy atom. The molecule has 2 aromatic rings. The molecule has 1 unspecified atom stereocenters. The van der Waals surface area contributed by atoms with Crippen molar-refractivity contribution in [2.24, 2.45) is 5.16 Å². The highest BCUT2D eigenvalue weighted by Crippen LogP contribution is 2.49. The van der Waals surface area contributed by atoms with Gasteiger partial charge in [0, 0.05) is 34.1 Å². The molecule has 190 valence electrons. The van der Waals surface area contributed by atoms with Crippen LogP contribution in [0.1, 0.15) is 46.8 Å². The number of benzene rings is 2. The first-order valence-electron chi connectivity index (χ1n) is 10.9. The van der Waals surface area contributed by atoms with Crippen LogP contribution in [0.25, 0.3) is 0 Å². The Morgan fingerprint density at radius 2 is 1.86 bits per heavy atom. The van der Waals surface area contributed by atoms with Crippen LogP contribution in [0.5, 0.6) is 0 Å². The molecule has 1 saturated heterocycles. The van der Waals surface area contributed by atoms with E-state index in [-0.39, 0.29) is 45.8 Å². The fourth-order valence-corrected chi connectivity index (χ4v) is 4.83. The number of carbonyl (C=O) groups is 3. The van der Waals surface area contributed by atoms with E-state index in [1.54, 1.807) is 13.8 Å². The molecule has 0 radical (unpaired) electrons. The number of alkyl halides is 3. The topological polar surface area (TPSA) is 88.1 Å². The van der Waals surface area contributed by atoms with Crippen LogP contribution in [-0.2, 0) is 20.0 Å². The van der Waals surface area contributed by atoms with E-state index in [0.29, 0.717) is 11.1 Å². The van der Waals surface area contributed by atoms with E-state index in [1.165, 1.54) is 24.3 Å². The number of oxime groups is 1. The van der Waals surface area contributed by atoms with Gasteiger partial charge in [-0.25, -0.2) is 0 Å². The highest BCUT2D eigenvalue weighted by Gasteiger charge is 2.62. The highest BCUT2D eigenvalue weighted by molar-refractivity contribution is 6.34. The number of amides is 3. The minimum absolute atomic E-state index is 0.0219. The molecule has 2 aliphatic rings. The second-order valence-electron chi connectivity index (χ2n) is 8.53. The molecule has 0 bridgehead atoms. The van der Waals surface area contributed by atoms with Crippen LogP contribution >= 0.6 is 23.2 Å². The maximum Gasteiger partial charge on any atom is 0.435 e. The van der Waals surface area contributed by atoms with E-state index in [2.05, 4.69) is 10.5 Å². The van der Waals surface area contributed by atoms with Gasteiger partial charge in [0.1, 0.15) is 6.04 Å². The molecule has 4 rings (SSSR count). The van der Waals surface area contributed by atoms with Crippen molar-refractivity contribution in [3.63, 3.8) is 0 Å². The second kappa shape index (κ2) is 9.40. The van der Waals surface area contributed by atoms with Gasteiger partial charge in [-0.2, -0.15) is 13.2 Å². The molecule has 2 aliphatic heterocycles. The van der Waals surface area contributed by atoms with Crippen molar-refractivity contribution in [3.05, 3.63) is 68.7 Å². The molecule has 2 atom stereocenters. The first-order valence-corrected chi connectivity index (χ1v) is 11.7. The van der Waals surface area contributed by atoms with E-state index >= 15 is 0 Å². The molecule has 1 N–H and O–H groups in total. The SMILES string of the molecule is CCN1C(=O)C[C@@H](NC(=O)c2ccc(C3=NOC(c4cc(Cl)cc(Cl)c4)(C(F)(F)F)C3)cc2C)C1=O. The molecule has 3 amide bonds. The Balaban J connectivity index is 1.56. The number of likely N-dealkylation sites (N-methyl/N-ethyl adjacent to an activating group) is 1. The average Bonchev–Trinajstić information content (AvgIpc) is 3.35. The highest BCUT2D eigenvalue weighted by atomic mass is 35.5. The third-order valence-corrected chi connectivity index (χ3v) is 6.62. The van der Waals surface area contributed by atoms with E-state index in [0.717, 1.165) is 17.0 Å². The van der Waals surface area contributed by atoms with Crippen molar-refractivity contribution in [2.75, 3.05) is 6.54 Å². The molecule has 12 heteroatoms. The largest absolute Gasteiger partial charge is 0.435 e. The Labute approximate surface area is 214 Å². The third-order valence-electron chi connectivity index (χ3n) is 6.18. The van der Waals surface area contributed by atoms with Crippen LogP contribution in [0.3, 0.4) is 0 Å². The van der Waals surface area contributed by atoms with E-state index in [1.807, 2.05) is 0 Å². The van der Waals surface area contributed by atoms with E-state index in [4.69, 9.17) is 28.0 Å². The molecule has 0 aromatic heterocycles. The van der Waals surface area contributed by atoms with Crippen molar-refractivity contribution in [1.82, 2.24) is 10.2 Å². The van der Waals surface area contributed by atoms with Crippen LogP contribution in [0, 0.1) is 6.92 Å². The number of imide groups is 1. The zero-order valence-electron chi connectivity index (χ0n) is 19.1. The minimum Gasteiger partial charge on any atom is -0.374 e. The van der Waals surface area contributed by atoms with Crippen LogP contribution in [0.2, 0.25) is 10.0 Å². The maximum atomic E-state index is 14.2. The summed E-state index contributed by atoms with van der Waals surface area (Å²) in [6.07, 6.45) is -5.60. The van der Waals surface area contributed by atoms with Crippen LogP contribution in [-0.4, -0.2) is 47.1 Å². The number of halogens is 5. The second-order valence-corrected chi connectivity index (χ2v) is 9.40. The molecular formula is C24H20Cl2F3N3O4. The lowest BCUT2D eigenvalue weighted by molar-refractivity contribution is -0.275. The third kappa shape index (κ3) is 4.55. The zero-order valence-corrected chi connectivity index (χ0v) is 20.6. The standard InChI is InChI=1S/C24H20Cl2F3N3O4/c1-3-32-20(33)10-18(22(32)35)30-21(34)17-5-4-13(6-12(17)2)19-11-23(36-31-19,24(27,28)29)14-7-15(25)9-16(26)8-14/h4-9,18H,3,10-11H2,1-2H3,(H,30,34)/t18-,23?/m1/s1. The lowest BCUT2D eigenvalue weighted by Gasteiger charge is -2.29. The zero-order chi connectivity index (χ0) is 26.4. The van der Waals surface area contributed by atoms with Gasteiger partial charge in [0.2, 0.25) is 5.91 Å². The van der Waals surface area contributed by atoms with Gasteiger partial charge >= 0.3 is 6.18 Å². The molecule has 0 spiro atoms. The number of nitrogens with one attached hydrogen (secondary N) is 1. The summed E-state index contributed by atoms with van der Waals surface area (Å²) in [5.41, 5.74) is -2.07. The van der Waals surface area contributed by atoms with Gasteiger partial charge in [-0.15, -0.1) is 0 Å². The summed E-state index contributed by atoms with van der Waals surface area (Å²) in [6, 6.07) is 6.99. The normalized spacial score (nSPS) is 22.0. The molecular weight excluding hydrogens is 522 g/mol. The molecule has 2 aromatic carbocycles. The predicted octanol–water partition coefficient (Wildman–Crippen LogP) is 4.76. The summed E-state index contributed by atoms with van der Waals surface area (Å²) in [5.74, 6) is -1.42. The Kier molecular flexibility index (Phi) is 6.78. The molecule has 2 heterocycles. The Morgan fingerprint density at radius 3 is 2.42 bits per heavy atom. The van der Waals surface area contributed by atoms with Gasteiger partial charge < -0.3 is 10.2 Å². The van der Waals surface area contributed by atoms with Crippen molar-refractivity contribution in [1.29, 1.82) is 0 Å². The van der Waals surface area contributed by atoms with E-state index in [9.17, 15) is 27.6 Å².